The third-order valence-corrected chi connectivity index (χ3v) is 2.74. The van der Waals surface area contributed by atoms with Crippen LogP contribution >= 0.6 is 11.8 Å². The Balaban J connectivity index is 4.31. The van der Waals surface area contributed by atoms with E-state index in [2.05, 4.69) is 6.07 Å². The Kier molecular flexibility index (Phi) is 4.02. The maximum atomic E-state index is 8.68. The van der Waals surface area contributed by atoms with E-state index < -0.39 is 0 Å². The van der Waals surface area contributed by atoms with Crippen LogP contribution in [0.5, 0.6) is 0 Å². The third-order valence-electron chi connectivity index (χ3n) is 1.93. The van der Waals surface area contributed by atoms with E-state index in [1.807, 2.05) is 34.6 Å². The molecule has 0 fully saturated rings. The van der Waals surface area contributed by atoms with E-state index in [-0.39, 0.29) is 17.5 Å². The number of halogens is 1. The van der Waals surface area contributed by atoms with Crippen molar-refractivity contribution in [3.05, 3.63) is 0 Å². The molecule has 0 amide bonds. The lowest BCUT2D eigenvalue weighted by atomic mass is 10.0. The van der Waals surface area contributed by atoms with Gasteiger partial charge in [0.25, 0.3) is 0 Å². The zero-order valence-electron chi connectivity index (χ0n) is 8.43. The van der Waals surface area contributed by atoms with Gasteiger partial charge in [-0.3, -0.25) is 0 Å². The molecular formula is C9H17ClN2. The number of rotatable bonds is 2. The average Bonchev–Trinajstić information content (AvgIpc) is 1.98. The summed E-state index contributed by atoms with van der Waals surface area (Å²) in [6.45, 7) is 9.93. The summed E-state index contributed by atoms with van der Waals surface area (Å²) < 4.78 is 1.71. The van der Waals surface area contributed by atoms with Crippen molar-refractivity contribution in [3.8, 4) is 6.07 Å². The SMILES string of the molecule is CC(C#N)C(C)N(Cl)C(C)(C)C. The normalized spacial score (nSPS) is 17.2. The van der Waals surface area contributed by atoms with E-state index in [9.17, 15) is 0 Å². The van der Waals surface area contributed by atoms with Crippen LogP contribution in [0.25, 0.3) is 0 Å². The molecule has 12 heavy (non-hydrogen) atoms. The first-order chi connectivity index (χ1) is 5.30. The molecule has 0 radical (unpaired) electrons. The molecule has 0 bridgehead atoms. The van der Waals surface area contributed by atoms with Crippen LogP contribution in [0.1, 0.15) is 34.6 Å². The second-order valence-electron chi connectivity index (χ2n) is 4.14. The summed E-state index contributed by atoms with van der Waals surface area (Å²) in [6.07, 6.45) is 0. The van der Waals surface area contributed by atoms with Gasteiger partial charge in [0.2, 0.25) is 0 Å². The Morgan fingerprint density at radius 3 is 2.00 bits per heavy atom. The highest BCUT2D eigenvalue weighted by Crippen LogP contribution is 2.23. The van der Waals surface area contributed by atoms with Gasteiger partial charge in [0.1, 0.15) is 0 Å². The lowest BCUT2D eigenvalue weighted by molar-refractivity contribution is 0.184. The van der Waals surface area contributed by atoms with Crippen molar-refractivity contribution in [3.63, 3.8) is 0 Å². The Morgan fingerprint density at radius 2 is 1.75 bits per heavy atom. The fraction of sp³-hybridized carbons (Fsp3) is 0.889. The van der Waals surface area contributed by atoms with Crippen LogP contribution in [0, 0.1) is 17.2 Å². The van der Waals surface area contributed by atoms with Crippen LogP contribution in [0.15, 0.2) is 0 Å². The van der Waals surface area contributed by atoms with E-state index in [1.54, 1.807) is 4.42 Å². The summed E-state index contributed by atoms with van der Waals surface area (Å²) in [6, 6.07) is 2.27. The van der Waals surface area contributed by atoms with Crippen LogP contribution in [0.2, 0.25) is 0 Å². The minimum absolute atomic E-state index is 0.0401. The highest BCUT2D eigenvalue weighted by Gasteiger charge is 2.27. The van der Waals surface area contributed by atoms with E-state index >= 15 is 0 Å². The summed E-state index contributed by atoms with van der Waals surface area (Å²) in [5.74, 6) is -0.0401. The topological polar surface area (TPSA) is 27.0 Å². The molecule has 0 aliphatic heterocycles. The van der Waals surface area contributed by atoms with Crippen molar-refractivity contribution in [1.82, 2.24) is 4.42 Å². The fourth-order valence-electron chi connectivity index (χ4n) is 0.915. The van der Waals surface area contributed by atoms with Crippen molar-refractivity contribution < 1.29 is 0 Å². The van der Waals surface area contributed by atoms with Crippen LogP contribution in [0.3, 0.4) is 0 Å². The summed E-state index contributed by atoms with van der Waals surface area (Å²) >= 11 is 6.06. The maximum Gasteiger partial charge on any atom is 0.0669 e. The summed E-state index contributed by atoms with van der Waals surface area (Å²) in [4.78, 5) is 0. The lowest BCUT2D eigenvalue weighted by Gasteiger charge is -2.35. The van der Waals surface area contributed by atoms with Crippen molar-refractivity contribution in [2.75, 3.05) is 0 Å². The fourth-order valence-corrected chi connectivity index (χ4v) is 1.08. The standard InChI is InChI=1S/C9H17ClN2/c1-7(6-11)8(2)12(10)9(3,4)5/h7-8H,1-5H3. The van der Waals surface area contributed by atoms with Gasteiger partial charge < -0.3 is 0 Å². The van der Waals surface area contributed by atoms with Gasteiger partial charge >= 0.3 is 0 Å². The molecule has 3 heteroatoms. The average molecular weight is 189 g/mol. The second-order valence-corrected chi connectivity index (χ2v) is 4.50. The molecule has 2 nitrogen and oxygen atoms in total. The van der Waals surface area contributed by atoms with E-state index in [1.165, 1.54) is 0 Å². The Labute approximate surface area is 80.2 Å². The first-order valence-electron chi connectivity index (χ1n) is 4.15. The van der Waals surface area contributed by atoms with Crippen LogP contribution in [-0.4, -0.2) is 16.0 Å². The predicted molar refractivity (Wildman–Crippen MR) is 51.7 cm³/mol. The number of nitriles is 1. The van der Waals surface area contributed by atoms with Crippen LogP contribution in [-0.2, 0) is 0 Å². The second kappa shape index (κ2) is 4.11. The molecule has 0 heterocycles. The predicted octanol–water partition coefficient (Wildman–Crippen LogP) is 2.79. The van der Waals surface area contributed by atoms with Crippen molar-refractivity contribution in [1.29, 1.82) is 5.26 Å². The third kappa shape index (κ3) is 3.00. The van der Waals surface area contributed by atoms with Gasteiger partial charge in [-0.2, -0.15) is 5.26 Å². The Bertz CT molecular complexity index is 178. The molecular weight excluding hydrogens is 172 g/mol. The monoisotopic (exact) mass is 188 g/mol. The molecule has 0 rings (SSSR count). The first-order valence-corrected chi connectivity index (χ1v) is 4.49. The molecule has 0 saturated carbocycles. The van der Waals surface area contributed by atoms with E-state index in [4.69, 9.17) is 17.0 Å². The Morgan fingerprint density at radius 1 is 1.33 bits per heavy atom. The van der Waals surface area contributed by atoms with E-state index in [0.717, 1.165) is 0 Å². The van der Waals surface area contributed by atoms with Crippen molar-refractivity contribution in [2.45, 2.75) is 46.2 Å². The number of hydrogen-bond donors (Lipinski definition) is 0. The zero-order valence-corrected chi connectivity index (χ0v) is 9.18. The molecule has 0 aliphatic carbocycles. The summed E-state index contributed by atoms with van der Waals surface area (Å²) in [5, 5.41) is 8.68. The number of nitrogens with zero attached hydrogens (tertiary/aromatic N) is 2. The molecule has 0 saturated heterocycles. The van der Waals surface area contributed by atoms with Gasteiger partial charge in [-0.05, 0) is 46.4 Å². The van der Waals surface area contributed by atoms with Gasteiger partial charge in [0.15, 0.2) is 0 Å². The minimum Gasteiger partial charge on any atom is -0.211 e. The molecule has 2 atom stereocenters. The molecule has 0 N–H and O–H groups in total. The summed E-state index contributed by atoms with van der Waals surface area (Å²) in [5.41, 5.74) is -0.0912. The smallest absolute Gasteiger partial charge is 0.0669 e. The molecule has 2 unspecified atom stereocenters. The minimum atomic E-state index is -0.0912. The lowest BCUT2D eigenvalue weighted by Crippen LogP contribution is -2.42. The molecule has 70 valence electrons. The highest BCUT2D eigenvalue weighted by atomic mass is 35.5. The molecule has 0 aromatic carbocycles. The van der Waals surface area contributed by atoms with Gasteiger partial charge in [-0.1, -0.05) is 0 Å². The van der Waals surface area contributed by atoms with Crippen LogP contribution in [0.4, 0.5) is 0 Å². The molecule has 0 spiro atoms. The molecule has 0 aromatic heterocycles. The Hall–Kier alpha value is -0.260. The van der Waals surface area contributed by atoms with E-state index in [0.29, 0.717) is 0 Å². The summed E-state index contributed by atoms with van der Waals surface area (Å²) in [7, 11) is 0. The number of hydrogen-bond acceptors (Lipinski definition) is 2. The largest absolute Gasteiger partial charge is 0.211 e. The van der Waals surface area contributed by atoms with Gasteiger partial charge in [0, 0.05) is 11.6 Å². The van der Waals surface area contributed by atoms with Crippen molar-refractivity contribution in [2.24, 2.45) is 5.92 Å². The van der Waals surface area contributed by atoms with Gasteiger partial charge in [-0.15, -0.1) is 0 Å². The molecule has 0 aromatic rings. The zero-order chi connectivity index (χ0) is 9.94. The van der Waals surface area contributed by atoms with Crippen LogP contribution < -0.4 is 0 Å². The first kappa shape index (κ1) is 11.7. The van der Waals surface area contributed by atoms with Gasteiger partial charge in [0.05, 0.1) is 12.0 Å². The molecule has 0 aliphatic rings. The quantitative estimate of drug-likeness (QED) is 0.624. The maximum absolute atomic E-state index is 8.68. The highest BCUT2D eigenvalue weighted by molar-refractivity contribution is 6.14. The van der Waals surface area contributed by atoms with Crippen molar-refractivity contribution >= 4 is 11.8 Å². The van der Waals surface area contributed by atoms with Gasteiger partial charge in [-0.25, -0.2) is 4.42 Å².